The molecule has 8 nitrogen and oxygen atoms in total. The van der Waals surface area contributed by atoms with Gasteiger partial charge in [0, 0.05) is 22.6 Å². The summed E-state index contributed by atoms with van der Waals surface area (Å²) in [4.78, 5) is 55.1. The van der Waals surface area contributed by atoms with E-state index in [1.807, 2.05) is 0 Å². The van der Waals surface area contributed by atoms with Gasteiger partial charge in [-0.15, -0.1) is 0 Å². The van der Waals surface area contributed by atoms with Gasteiger partial charge < -0.3 is 9.47 Å². The minimum atomic E-state index is -0.958. The summed E-state index contributed by atoms with van der Waals surface area (Å²) >= 11 is 0. The SMILES string of the molecule is O=C(/C=C/C(=O)OC1=c2ccccc2=NC1=O)OC1=c2ccccc2=NC1=O. The summed E-state index contributed by atoms with van der Waals surface area (Å²) in [6, 6.07) is 13.1. The molecule has 0 unspecified atom stereocenters. The van der Waals surface area contributed by atoms with E-state index in [0.717, 1.165) is 12.2 Å². The van der Waals surface area contributed by atoms with Crippen molar-refractivity contribution in [1.29, 1.82) is 0 Å². The summed E-state index contributed by atoms with van der Waals surface area (Å²) in [6.07, 6.45) is 1.60. The fourth-order valence-electron chi connectivity index (χ4n) is 2.68. The Labute approximate surface area is 156 Å². The van der Waals surface area contributed by atoms with Crippen LogP contribution in [0, 0.1) is 0 Å². The first-order valence-electron chi connectivity index (χ1n) is 8.09. The summed E-state index contributed by atoms with van der Waals surface area (Å²) in [6.45, 7) is 0. The van der Waals surface area contributed by atoms with Crippen LogP contribution in [0.5, 0.6) is 0 Å². The van der Waals surface area contributed by atoms with Gasteiger partial charge in [-0.2, -0.15) is 0 Å². The second kappa shape index (κ2) is 6.84. The molecule has 0 spiro atoms. The Bertz CT molecular complexity index is 1230. The zero-order valence-corrected chi connectivity index (χ0v) is 14.1. The largest absolute Gasteiger partial charge is 0.417 e. The van der Waals surface area contributed by atoms with Crippen LogP contribution in [-0.2, 0) is 28.7 Å². The topological polar surface area (TPSA) is 111 Å². The molecule has 8 heteroatoms. The highest BCUT2D eigenvalue weighted by molar-refractivity contribution is 6.16. The Morgan fingerprint density at radius 2 is 1.07 bits per heavy atom. The number of amides is 2. The minimum Gasteiger partial charge on any atom is -0.417 e. The second-order valence-electron chi connectivity index (χ2n) is 5.70. The van der Waals surface area contributed by atoms with Crippen LogP contribution in [0.3, 0.4) is 0 Å². The third kappa shape index (κ3) is 3.14. The predicted molar refractivity (Wildman–Crippen MR) is 92.6 cm³/mol. The van der Waals surface area contributed by atoms with Gasteiger partial charge in [0.25, 0.3) is 0 Å². The van der Waals surface area contributed by atoms with Crippen molar-refractivity contribution in [3.05, 3.63) is 81.8 Å². The fraction of sp³-hybridized carbons (Fsp3) is 0. The number of nitrogens with zero attached hydrogens (tertiary/aromatic N) is 2. The van der Waals surface area contributed by atoms with Gasteiger partial charge in [0.05, 0.1) is 10.7 Å². The molecular formula is C20H10N2O6. The van der Waals surface area contributed by atoms with Gasteiger partial charge >= 0.3 is 23.8 Å². The first-order chi connectivity index (χ1) is 13.5. The highest BCUT2D eigenvalue weighted by Gasteiger charge is 2.22. The third-order valence-electron chi connectivity index (χ3n) is 3.89. The molecule has 136 valence electrons. The second-order valence-corrected chi connectivity index (χ2v) is 5.70. The van der Waals surface area contributed by atoms with E-state index in [0.29, 0.717) is 21.2 Å². The van der Waals surface area contributed by atoms with Gasteiger partial charge in [-0.05, 0) is 24.3 Å². The van der Waals surface area contributed by atoms with Gasteiger partial charge in [0.1, 0.15) is 0 Å². The maximum absolute atomic E-state index is 11.9. The van der Waals surface area contributed by atoms with E-state index in [-0.39, 0.29) is 11.5 Å². The van der Waals surface area contributed by atoms with Gasteiger partial charge in [-0.1, -0.05) is 24.3 Å². The lowest BCUT2D eigenvalue weighted by Gasteiger charge is -2.01. The molecule has 0 bridgehead atoms. The number of benzene rings is 2. The van der Waals surface area contributed by atoms with Gasteiger partial charge in [0.15, 0.2) is 0 Å². The summed E-state index contributed by atoms with van der Waals surface area (Å²) in [7, 11) is 0. The number of para-hydroxylation sites is 2. The highest BCUT2D eigenvalue weighted by atomic mass is 16.5. The van der Waals surface area contributed by atoms with Crippen molar-refractivity contribution in [2.75, 3.05) is 0 Å². The number of rotatable bonds is 4. The van der Waals surface area contributed by atoms with E-state index in [1.54, 1.807) is 48.5 Å². The van der Waals surface area contributed by atoms with Crippen LogP contribution in [0.2, 0.25) is 0 Å². The van der Waals surface area contributed by atoms with Crippen LogP contribution in [0.1, 0.15) is 0 Å². The van der Waals surface area contributed by atoms with Crippen molar-refractivity contribution in [3.8, 4) is 0 Å². The Morgan fingerprint density at radius 3 is 1.50 bits per heavy atom. The van der Waals surface area contributed by atoms with Crippen molar-refractivity contribution in [2.24, 2.45) is 9.98 Å². The van der Waals surface area contributed by atoms with E-state index in [4.69, 9.17) is 9.47 Å². The van der Waals surface area contributed by atoms with Crippen molar-refractivity contribution in [2.45, 2.75) is 0 Å². The minimum absolute atomic E-state index is 0.216. The number of hydrogen-bond acceptors (Lipinski definition) is 6. The molecule has 0 aliphatic carbocycles. The van der Waals surface area contributed by atoms with Crippen LogP contribution >= 0.6 is 0 Å². The van der Waals surface area contributed by atoms with E-state index < -0.39 is 23.8 Å². The maximum atomic E-state index is 11.9. The van der Waals surface area contributed by atoms with Crippen molar-refractivity contribution < 1.29 is 28.7 Å². The molecule has 2 heterocycles. The average molecular weight is 374 g/mol. The first-order valence-corrected chi connectivity index (χ1v) is 8.09. The fourth-order valence-corrected chi connectivity index (χ4v) is 2.68. The van der Waals surface area contributed by atoms with Gasteiger partial charge in [0.2, 0.25) is 11.5 Å². The number of esters is 2. The molecule has 0 radical (unpaired) electrons. The van der Waals surface area contributed by atoms with Crippen LogP contribution in [0.25, 0.3) is 11.5 Å². The van der Waals surface area contributed by atoms with E-state index in [9.17, 15) is 19.2 Å². The van der Waals surface area contributed by atoms with Crippen LogP contribution in [0.4, 0.5) is 0 Å². The van der Waals surface area contributed by atoms with Gasteiger partial charge in [-0.3, -0.25) is 9.59 Å². The lowest BCUT2D eigenvalue weighted by molar-refractivity contribution is -0.135. The van der Waals surface area contributed by atoms with Crippen molar-refractivity contribution >= 4 is 35.3 Å². The predicted octanol–water partition coefficient (Wildman–Crippen LogP) is -1.43. The molecule has 2 aromatic rings. The van der Waals surface area contributed by atoms with E-state index in [1.165, 1.54) is 0 Å². The van der Waals surface area contributed by atoms with E-state index in [2.05, 4.69) is 9.98 Å². The van der Waals surface area contributed by atoms with Crippen molar-refractivity contribution in [3.63, 3.8) is 0 Å². The molecule has 0 aromatic heterocycles. The zero-order chi connectivity index (χ0) is 19.7. The molecule has 0 fully saturated rings. The molecule has 0 saturated carbocycles. The molecule has 0 N–H and O–H groups in total. The molecule has 2 amide bonds. The number of carbonyl (C=O) groups excluding carboxylic acids is 4. The summed E-state index contributed by atoms with van der Waals surface area (Å²) in [5, 5.41) is 1.58. The van der Waals surface area contributed by atoms with Crippen LogP contribution in [-0.4, -0.2) is 23.8 Å². The summed E-state index contributed by atoms with van der Waals surface area (Å²) in [5.74, 6) is -3.72. The molecule has 2 aromatic carbocycles. The van der Waals surface area contributed by atoms with Crippen LogP contribution < -0.4 is 21.2 Å². The third-order valence-corrected chi connectivity index (χ3v) is 3.89. The molecular weight excluding hydrogens is 364 g/mol. The highest BCUT2D eigenvalue weighted by Crippen LogP contribution is 2.06. The quantitative estimate of drug-likeness (QED) is 0.479. The molecule has 0 atom stereocenters. The molecule has 0 saturated heterocycles. The van der Waals surface area contributed by atoms with E-state index >= 15 is 0 Å². The average Bonchev–Trinajstić information content (AvgIpc) is 3.17. The van der Waals surface area contributed by atoms with Crippen LogP contribution in [0.15, 0.2) is 70.7 Å². The van der Waals surface area contributed by atoms with Crippen molar-refractivity contribution in [1.82, 2.24) is 0 Å². The smallest absolute Gasteiger partial charge is 0.336 e. The normalized spacial score (nSPS) is 14.4. The Hall–Kier alpha value is -4.20. The lowest BCUT2D eigenvalue weighted by Crippen LogP contribution is -2.24. The zero-order valence-electron chi connectivity index (χ0n) is 14.1. The van der Waals surface area contributed by atoms with Gasteiger partial charge in [-0.25, -0.2) is 19.6 Å². The molecule has 28 heavy (non-hydrogen) atoms. The number of hydrogen-bond donors (Lipinski definition) is 0. The Morgan fingerprint density at radius 1 is 0.679 bits per heavy atom. The maximum Gasteiger partial charge on any atom is 0.336 e. The Kier molecular flexibility index (Phi) is 4.21. The first kappa shape index (κ1) is 17.2. The molecule has 2 aliphatic rings. The Balaban J connectivity index is 1.49. The monoisotopic (exact) mass is 374 g/mol. The number of carbonyl (C=O) groups is 4. The molecule has 2 aliphatic heterocycles. The summed E-state index contributed by atoms with van der Waals surface area (Å²) < 4.78 is 9.99. The number of fused-ring (bicyclic) bond motifs is 2. The standard InChI is InChI=1S/C20H10N2O6/c23-15(27-17-11-5-1-3-7-13(11)21-19(17)25)9-10-16(24)28-18-12-6-2-4-8-14(12)22-20(18)26/h1-10H/b10-9+. The molecule has 4 rings (SSSR count). The summed E-state index contributed by atoms with van der Waals surface area (Å²) in [5.41, 5.74) is 0. The lowest BCUT2D eigenvalue weighted by atomic mass is 10.3. The number of ether oxygens (including phenoxy) is 2.